The first-order chi connectivity index (χ1) is 6.75. The van der Waals surface area contributed by atoms with Gasteiger partial charge in [0.1, 0.15) is 5.82 Å². The number of carbonyl (C=O) groups is 1. The second kappa shape index (κ2) is 3.75. The molecular formula is C8H13N5O. The number of hydrogen-bond donors (Lipinski definition) is 3. The van der Waals surface area contributed by atoms with Crippen LogP contribution in [0.2, 0.25) is 0 Å². The van der Waals surface area contributed by atoms with E-state index in [2.05, 4.69) is 20.5 Å². The van der Waals surface area contributed by atoms with Gasteiger partial charge in [0, 0.05) is 5.92 Å². The maximum Gasteiger partial charge on any atom is 0.231 e. The highest BCUT2D eigenvalue weighted by molar-refractivity contribution is 5.75. The van der Waals surface area contributed by atoms with Crippen LogP contribution < -0.4 is 11.1 Å². The number of primary amides is 1. The van der Waals surface area contributed by atoms with Gasteiger partial charge in [0.25, 0.3) is 0 Å². The molecule has 0 bridgehead atoms. The zero-order valence-corrected chi connectivity index (χ0v) is 7.79. The Balaban J connectivity index is 1.80. The minimum atomic E-state index is -0.369. The van der Waals surface area contributed by atoms with Crippen LogP contribution >= 0.6 is 0 Å². The van der Waals surface area contributed by atoms with Crippen molar-refractivity contribution in [2.45, 2.75) is 25.3 Å². The van der Waals surface area contributed by atoms with E-state index in [1.54, 1.807) is 0 Å². The molecule has 1 aromatic rings. The van der Waals surface area contributed by atoms with E-state index in [1.165, 1.54) is 12.8 Å². The molecule has 0 spiro atoms. The summed E-state index contributed by atoms with van der Waals surface area (Å²) in [7, 11) is 0. The fraction of sp³-hybridized carbons (Fsp3) is 0.625. The van der Waals surface area contributed by atoms with Gasteiger partial charge in [-0.2, -0.15) is 5.10 Å². The summed E-state index contributed by atoms with van der Waals surface area (Å²) in [5.74, 6) is 1.83. The minimum Gasteiger partial charge on any atom is -0.369 e. The van der Waals surface area contributed by atoms with E-state index in [9.17, 15) is 4.79 Å². The van der Waals surface area contributed by atoms with Crippen LogP contribution in [0.4, 0.5) is 0 Å². The fourth-order valence-corrected chi connectivity index (χ4v) is 1.22. The summed E-state index contributed by atoms with van der Waals surface area (Å²) in [6.45, 7) is 0.669. The second-order valence-electron chi connectivity index (χ2n) is 3.48. The Bertz CT molecular complexity index is 330. The highest BCUT2D eigenvalue weighted by Gasteiger charge is 2.27. The number of rotatable bonds is 5. The molecule has 2 rings (SSSR count). The van der Waals surface area contributed by atoms with Crippen molar-refractivity contribution in [2.24, 2.45) is 5.73 Å². The molecule has 0 aromatic carbocycles. The molecule has 0 atom stereocenters. The minimum absolute atomic E-state index is 0.166. The third-order valence-electron chi connectivity index (χ3n) is 2.08. The van der Waals surface area contributed by atoms with Gasteiger partial charge >= 0.3 is 0 Å². The molecule has 0 radical (unpaired) electrons. The Morgan fingerprint density at radius 1 is 1.64 bits per heavy atom. The first-order valence-electron chi connectivity index (χ1n) is 4.66. The Morgan fingerprint density at radius 2 is 2.43 bits per heavy atom. The summed E-state index contributed by atoms with van der Waals surface area (Å²) < 4.78 is 0. The number of amides is 1. The molecule has 6 heteroatoms. The van der Waals surface area contributed by atoms with Gasteiger partial charge in [-0.3, -0.25) is 9.89 Å². The third kappa shape index (κ3) is 2.29. The van der Waals surface area contributed by atoms with Crippen LogP contribution in [0.3, 0.4) is 0 Å². The molecule has 1 amide bonds. The summed E-state index contributed by atoms with van der Waals surface area (Å²) in [6, 6.07) is 0. The molecule has 1 aliphatic rings. The normalized spacial score (nSPS) is 15.7. The molecule has 0 aliphatic heterocycles. The first kappa shape index (κ1) is 9.14. The van der Waals surface area contributed by atoms with Crippen molar-refractivity contribution in [1.29, 1.82) is 0 Å². The number of hydrogen-bond acceptors (Lipinski definition) is 4. The van der Waals surface area contributed by atoms with Crippen LogP contribution in [0.25, 0.3) is 0 Å². The monoisotopic (exact) mass is 195 g/mol. The zero-order valence-electron chi connectivity index (χ0n) is 7.79. The van der Waals surface area contributed by atoms with Gasteiger partial charge in [-0.1, -0.05) is 0 Å². The molecule has 14 heavy (non-hydrogen) atoms. The highest BCUT2D eigenvalue weighted by Crippen LogP contribution is 2.37. The molecule has 0 saturated heterocycles. The Hall–Kier alpha value is -1.43. The van der Waals surface area contributed by atoms with Crippen LogP contribution in [-0.2, 0) is 11.3 Å². The number of carbonyl (C=O) groups excluding carboxylic acids is 1. The smallest absolute Gasteiger partial charge is 0.231 e. The molecule has 1 heterocycles. The quantitative estimate of drug-likeness (QED) is 0.576. The number of nitrogens with zero attached hydrogens (tertiary/aromatic N) is 2. The molecule has 1 aliphatic carbocycles. The largest absolute Gasteiger partial charge is 0.369 e. The average molecular weight is 195 g/mol. The Morgan fingerprint density at radius 3 is 3.07 bits per heavy atom. The van der Waals surface area contributed by atoms with Gasteiger partial charge in [0.05, 0.1) is 13.1 Å². The van der Waals surface area contributed by atoms with Crippen molar-refractivity contribution in [3.63, 3.8) is 0 Å². The lowest BCUT2D eigenvalue weighted by atomic mass is 10.4. The third-order valence-corrected chi connectivity index (χ3v) is 2.08. The van der Waals surface area contributed by atoms with Crippen LogP contribution in [0.5, 0.6) is 0 Å². The molecular weight excluding hydrogens is 182 g/mol. The van der Waals surface area contributed by atoms with E-state index in [0.717, 1.165) is 11.6 Å². The molecule has 4 N–H and O–H groups in total. The maximum atomic E-state index is 10.4. The van der Waals surface area contributed by atoms with Crippen LogP contribution in [0.1, 0.15) is 30.4 Å². The average Bonchev–Trinajstić information content (AvgIpc) is 2.87. The van der Waals surface area contributed by atoms with Gasteiger partial charge in [0.15, 0.2) is 5.82 Å². The molecule has 76 valence electrons. The van der Waals surface area contributed by atoms with Crippen molar-refractivity contribution in [1.82, 2.24) is 20.5 Å². The fourth-order valence-electron chi connectivity index (χ4n) is 1.22. The number of H-pyrrole nitrogens is 1. The Labute approximate surface area is 81.3 Å². The van der Waals surface area contributed by atoms with E-state index >= 15 is 0 Å². The van der Waals surface area contributed by atoms with Gasteiger partial charge in [0.2, 0.25) is 5.91 Å². The number of aromatic nitrogens is 3. The van der Waals surface area contributed by atoms with E-state index in [-0.39, 0.29) is 12.5 Å². The predicted molar refractivity (Wildman–Crippen MR) is 49.3 cm³/mol. The predicted octanol–water partition coefficient (Wildman–Crippen LogP) is -0.743. The molecule has 1 saturated carbocycles. The summed E-state index contributed by atoms with van der Waals surface area (Å²) in [5, 5.41) is 9.77. The number of nitrogens with one attached hydrogen (secondary N) is 2. The van der Waals surface area contributed by atoms with Crippen LogP contribution in [0.15, 0.2) is 0 Å². The van der Waals surface area contributed by atoms with Gasteiger partial charge < -0.3 is 11.1 Å². The molecule has 0 unspecified atom stereocenters. The number of nitrogens with two attached hydrogens (primary N) is 1. The highest BCUT2D eigenvalue weighted by atomic mass is 16.1. The van der Waals surface area contributed by atoms with Gasteiger partial charge in [-0.05, 0) is 12.8 Å². The van der Waals surface area contributed by atoms with Crippen molar-refractivity contribution >= 4 is 5.91 Å². The number of aromatic amines is 1. The lowest BCUT2D eigenvalue weighted by Crippen LogP contribution is -2.28. The summed E-state index contributed by atoms with van der Waals surface area (Å²) in [4.78, 5) is 14.7. The standard InChI is InChI=1S/C8H13N5O/c9-6(14)3-10-4-7-11-8(13-12-7)5-1-2-5/h5,10H,1-4H2,(H2,9,14)(H,11,12,13). The van der Waals surface area contributed by atoms with Gasteiger partial charge in [-0.15, -0.1) is 0 Å². The maximum absolute atomic E-state index is 10.4. The van der Waals surface area contributed by atoms with Crippen LogP contribution in [-0.4, -0.2) is 27.6 Å². The zero-order chi connectivity index (χ0) is 9.97. The van der Waals surface area contributed by atoms with Crippen LogP contribution in [0, 0.1) is 0 Å². The van der Waals surface area contributed by atoms with E-state index in [0.29, 0.717) is 12.5 Å². The van der Waals surface area contributed by atoms with E-state index in [1.807, 2.05) is 0 Å². The van der Waals surface area contributed by atoms with E-state index in [4.69, 9.17) is 5.73 Å². The SMILES string of the molecule is NC(=O)CNCc1nc(C2CC2)n[nH]1. The summed E-state index contributed by atoms with van der Waals surface area (Å²) in [5.41, 5.74) is 4.97. The van der Waals surface area contributed by atoms with Crippen molar-refractivity contribution in [3.8, 4) is 0 Å². The molecule has 1 aromatic heterocycles. The van der Waals surface area contributed by atoms with Gasteiger partial charge in [-0.25, -0.2) is 4.98 Å². The first-order valence-corrected chi connectivity index (χ1v) is 4.66. The lowest BCUT2D eigenvalue weighted by molar-refractivity contribution is -0.117. The topological polar surface area (TPSA) is 96.7 Å². The summed E-state index contributed by atoms with van der Waals surface area (Å²) in [6.07, 6.45) is 2.37. The van der Waals surface area contributed by atoms with Crippen molar-refractivity contribution in [2.75, 3.05) is 6.54 Å². The lowest BCUT2D eigenvalue weighted by Gasteiger charge is -1.96. The van der Waals surface area contributed by atoms with E-state index < -0.39 is 0 Å². The second-order valence-corrected chi connectivity index (χ2v) is 3.48. The molecule has 1 fully saturated rings. The summed E-state index contributed by atoms with van der Waals surface area (Å²) >= 11 is 0. The van der Waals surface area contributed by atoms with Crippen molar-refractivity contribution in [3.05, 3.63) is 11.6 Å². The Kier molecular flexibility index (Phi) is 2.45. The van der Waals surface area contributed by atoms with Crippen molar-refractivity contribution < 1.29 is 4.79 Å². The molecule has 6 nitrogen and oxygen atoms in total.